The molecule has 0 atom stereocenters. The molecule has 70 valence electrons. The zero-order valence-electron chi connectivity index (χ0n) is 7.34. The van der Waals surface area contributed by atoms with Crippen LogP contribution in [0, 0.1) is 5.82 Å². The third-order valence-electron chi connectivity index (χ3n) is 1.55. The molecule has 1 aromatic rings. The molecule has 0 aliphatic heterocycles. The van der Waals surface area contributed by atoms with E-state index in [1.807, 2.05) is 0 Å². The third kappa shape index (κ3) is 2.52. The van der Waals surface area contributed by atoms with Crippen molar-refractivity contribution < 1.29 is 9.23 Å². The van der Waals surface area contributed by atoms with Gasteiger partial charge in [0.1, 0.15) is 12.9 Å². The lowest BCUT2D eigenvalue weighted by Crippen LogP contribution is -1.99. The molecule has 0 radical (unpaired) electrons. The summed E-state index contributed by atoms with van der Waals surface area (Å²) in [6.07, 6.45) is 0. The minimum Gasteiger partial charge on any atom is -0.399 e. The Labute approximate surface area is 84.5 Å². The van der Waals surface area contributed by atoms with Gasteiger partial charge in [-0.2, -0.15) is 0 Å². The Hall–Kier alpha value is -0.900. The van der Waals surface area contributed by atoms with Crippen molar-refractivity contribution in [1.82, 2.24) is 0 Å². The first-order valence-electron chi connectivity index (χ1n) is 3.68. The zero-order chi connectivity index (χ0) is 9.84. The highest BCUT2D eigenvalue weighted by Crippen LogP contribution is 2.16. The van der Waals surface area contributed by atoms with Gasteiger partial charge in [-0.15, -0.1) is 0 Å². The molecule has 1 aromatic carbocycles. The summed E-state index contributed by atoms with van der Waals surface area (Å²) in [5.41, 5.74) is 0.956. The maximum atomic E-state index is 13.2. The highest BCUT2D eigenvalue weighted by Gasteiger charge is 2.05. The summed E-state index contributed by atoms with van der Waals surface area (Å²) >= 11 is 3.25. The SMILES string of the molecule is CO/N=C(/C)c1cc(Br)ccc1F. The smallest absolute Gasteiger partial charge is 0.132 e. The summed E-state index contributed by atoms with van der Waals surface area (Å²) in [5.74, 6) is -0.304. The van der Waals surface area contributed by atoms with Crippen molar-refractivity contribution in [3.63, 3.8) is 0 Å². The Morgan fingerprint density at radius 2 is 2.23 bits per heavy atom. The molecule has 1 rings (SSSR count). The average Bonchev–Trinajstić information content (AvgIpc) is 2.09. The first-order valence-corrected chi connectivity index (χ1v) is 4.47. The van der Waals surface area contributed by atoms with Gasteiger partial charge in [-0.3, -0.25) is 0 Å². The molecule has 0 aromatic heterocycles. The molecule has 0 bridgehead atoms. The minimum atomic E-state index is -0.304. The fourth-order valence-corrected chi connectivity index (χ4v) is 1.32. The van der Waals surface area contributed by atoms with Crippen molar-refractivity contribution in [2.24, 2.45) is 5.16 Å². The van der Waals surface area contributed by atoms with E-state index in [-0.39, 0.29) is 5.82 Å². The Bertz CT molecular complexity index is 338. The average molecular weight is 246 g/mol. The number of benzene rings is 1. The molecule has 0 fully saturated rings. The van der Waals surface area contributed by atoms with Crippen LogP contribution in [-0.4, -0.2) is 12.8 Å². The molecule has 0 N–H and O–H groups in total. The minimum absolute atomic E-state index is 0.304. The molecule has 13 heavy (non-hydrogen) atoms. The van der Waals surface area contributed by atoms with E-state index in [0.29, 0.717) is 11.3 Å². The third-order valence-corrected chi connectivity index (χ3v) is 2.04. The predicted molar refractivity (Wildman–Crippen MR) is 53.3 cm³/mol. The second-order valence-electron chi connectivity index (χ2n) is 2.48. The lowest BCUT2D eigenvalue weighted by Gasteiger charge is -2.01. The molecule has 0 amide bonds. The van der Waals surface area contributed by atoms with Crippen LogP contribution in [0.4, 0.5) is 4.39 Å². The quantitative estimate of drug-likeness (QED) is 0.580. The largest absolute Gasteiger partial charge is 0.399 e. The van der Waals surface area contributed by atoms with E-state index in [4.69, 9.17) is 0 Å². The van der Waals surface area contributed by atoms with Gasteiger partial charge >= 0.3 is 0 Å². The van der Waals surface area contributed by atoms with Gasteiger partial charge in [0.25, 0.3) is 0 Å². The fraction of sp³-hybridized carbons (Fsp3) is 0.222. The van der Waals surface area contributed by atoms with Crippen molar-refractivity contribution in [1.29, 1.82) is 0 Å². The zero-order valence-corrected chi connectivity index (χ0v) is 8.93. The molecular weight excluding hydrogens is 237 g/mol. The van der Waals surface area contributed by atoms with Crippen LogP contribution < -0.4 is 0 Å². The van der Waals surface area contributed by atoms with Gasteiger partial charge in [0.15, 0.2) is 0 Å². The van der Waals surface area contributed by atoms with Crippen LogP contribution >= 0.6 is 15.9 Å². The van der Waals surface area contributed by atoms with Gasteiger partial charge in [-0.25, -0.2) is 4.39 Å². The molecule has 0 unspecified atom stereocenters. The molecule has 0 saturated heterocycles. The van der Waals surface area contributed by atoms with Crippen molar-refractivity contribution >= 4 is 21.6 Å². The van der Waals surface area contributed by atoms with Crippen LogP contribution in [0.5, 0.6) is 0 Å². The Morgan fingerprint density at radius 1 is 1.54 bits per heavy atom. The normalized spacial score (nSPS) is 11.5. The van der Waals surface area contributed by atoms with Crippen molar-refractivity contribution in [3.8, 4) is 0 Å². The number of halogens is 2. The van der Waals surface area contributed by atoms with Crippen LogP contribution in [0.3, 0.4) is 0 Å². The Morgan fingerprint density at radius 3 is 2.85 bits per heavy atom. The topological polar surface area (TPSA) is 21.6 Å². The van der Waals surface area contributed by atoms with E-state index in [1.165, 1.54) is 13.2 Å². The van der Waals surface area contributed by atoms with Gasteiger partial charge in [0.2, 0.25) is 0 Å². The molecule has 0 spiro atoms. The molecule has 0 heterocycles. The molecule has 0 saturated carbocycles. The predicted octanol–water partition coefficient (Wildman–Crippen LogP) is 2.96. The lowest BCUT2D eigenvalue weighted by atomic mass is 10.1. The van der Waals surface area contributed by atoms with Gasteiger partial charge < -0.3 is 4.84 Å². The number of oxime groups is 1. The van der Waals surface area contributed by atoms with Gasteiger partial charge in [0, 0.05) is 10.0 Å². The summed E-state index contributed by atoms with van der Waals surface area (Å²) in [6, 6.07) is 4.68. The van der Waals surface area contributed by atoms with Gasteiger partial charge in [-0.05, 0) is 25.1 Å². The standard InChI is InChI=1S/C9H9BrFNO/c1-6(12-13-2)8-5-7(10)3-4-9(8)11/h3-5H,1-2H3/b12-6-. The highest BCUT2D eigenvalue weighted by atomic mass is 79.9. The van der Waals surface area contributed by atoms with E-state index >= 15 is 0 Å². The maximum Gasteiger partial charge on any atom is 0.132 e. The molecule has 4 heteroatoms. The van der Waals surface area contributed by atoms with Gasteiger partial charge in [-0.1, -0.05) is 21.1 Å². The molecule has 0 aliphatic carbocycles. The Balaban J connectivity index is 3.13. The van der Waals surface area contributed by atoms with Crippen molar-refractivity contribution in [2.75, 3.05) is 7.11 Å². The van der Waals surface area contributed by atoms with E-state index in [1.54, 1.807) is 19.1 Å². The van der Waals surface area contributed by atoms with E-state index in [2.05, 4.69) is 25.9 Å². The monoisotopic (exact) mass is 245 g/mol. The molecule has 0 aliphatic rings. The van der Waals surface area contributed by atoms with Gasteiger partial charge in [0.05, 0.1) is 5.71 Å². The number of hydrogen-bond acceptors (Lipinski definition) is 2. The summed E-state index contributed by atoms with van der Waals surface area (Å²) in [4.78, 5) is 4.56. The lowest BCUT2D eigenvalue weighted by molar-refractivity contribution is 0.213. The summed E-state index contributed by atoms with van der Waals surface area (Å²) in [5, 5.41) is 3.65. The maximum absolute atomic E-state index is 13.2. The first kappa shape index (κ1) is 10.2. The van der Waals surface area contributed by atoms with E-state index in [9.17, 15) is 4.39 Å². The van der Waals surface area contributed by atoms with Crippen LogP contribution in [0.1, 0.15) is 12.5 Å². The first-order chi connectivity index (χ1) is 6.15. The molecular formula is C9H9BrFNO. The second kappa shape index (κ2) is 4.37. The van der Waals surface area contributed by atoms with Crippen LogP contribution in [0.15, 0.2) is 27.8 Å². The van der Waals surface area contributed by atoms with Crippen LogP contribution in [-0.2, 0) is 4.84 Å². The number of rotatable bonds is 2. The number of hydrogen-bond donors (Lipinski definition) is 0. The van der Waals surface area contributed by atoms with Crippen LogP contribution in [0.2, 0.25) is 0 Å². The fourth-order valence-electron chi connectivity index (χ4n) is 0.961. The van der Waals surface area contributed by atoms with Crippen LogP contribution in [0.25, 0.3) is 0 Å². The van der Waals surface area contributed by atoms with Crippen molar-refractivity contribution in [3.05, 3.63) is 34.1 Å². The summed E-state index contributed by atoms with van der Waals surface area (Å²) < 4.78 is 14.0. The van der Waals surface area contributed by atoms with Crippen molar-refractivity contribution in [2.45, 2.75) is 6.92 Å². The Kier molecular flexibility index (Phi) is 3.42. The highest BCUT2D eigenvalue weighted by molar-refractivity contribution is 9.10. The van der Waals surface area contributed by atoms with E-state index in [0.717, 1.165) is 4.47 Å². The second-order valence-corrected chi connectivity index (χ2v) is 3.40. The summed E-state index contributed by atoms with van der Waals surface area (Å²) in [7, 11) is 1.43. The number of nitrogens with zero attached hydrogens (tertiary/aromatic N) is 1. The van der Waals surface area contributed by atoms with E-state index < -0.39 is 0 Å². The summed E-state index contributed by atoms with van der Waals surface area (Å²) in [6.45, 7) is 1.69. The molecule has 2 nitrogen and oxygen atoms in total.